The molecule has 0 aliphatic rings. The Morgan fingerprint density at radius 1 is 1.47 bits per heavy atom. The van der Waals surface area contributed by atoms with Gasteiger partial charge in [0.1, 0.15) is 5.82 Å². The Bertz CT molecular complexity index is 416. The molecule has 0 fully saturated rings. The first-order valence-corrected chi connectivity index (χ1v) is 5.34. The highest BCUT2D eigenvalue weighted by atomic mass is 19.1. The molecule has 4 heteroatoms. The number of rotatable bonds is 5. The Balaban J connectivity index is 2.39. The maximum absolute atomic E-state index is 13.2. The van der Waals surface area contributed by atoms with Crippen molar-refractivity contribution in [3.05, 3.63) is 47.3 Å². The Morgan fingerprint density at radius 3 is 2.82 bits per heavy atom. The minimum absolute atomic E-state index is 0.228. The summed E-state index contributed by atoms with van der Waals surface area (Å²) >= 11 is 0. The van der Waals surface area contributed by atoms with Crippen LogP contribution < -0.4 is 5.32 Å². The first kappa shape index (κ1) is 13.4. The van der Waals surface area contributed by atoms with Gasteiger partial charge in [-0.25, -0.2) is 9.18 Å². The summed E-state index contributed by atoms with van der Waals surface area (Å²) in [6.07, 6.45) is 1.71. The molecule has 0 unspecified atom stereocenters. The summed E-state index contributed by atoms with van der Waals surface area (Å²) in [6, 6.07) is 6.58. The summed E-state index contributed by atoms with van der Waals surface area (Å²) in [4.78, 5) is 11.1. The van der Waals surface area contributed by atoms with Crippen molar-refractivity contribution in [3.8, 4) is 0 Å². The molecule has 0 bridgehead atoms. The van der Waals surface area contributed by atoms with E-state index >= 15 is 0 Å². The maximum atomic E-state index is 13.2. The molecule has 0 aliphatic heterocycles. The van der Waals surface area contributed by atoms with E-state index < -0.39 is 0 Å². The standard InChI is InChI=1S/C13H16FNO2/c1-10(13(16)17-2)7-8-15-9-11-5-3-4-6-12(11)14/h3-7,15H,8-9H2,1-2H3/b10-7+. The highest BCUT2D eigenvalue weighted by molar-refractivity contribution is 5.87. The Morgan fingerprint density at radius 2 is 2.18 bits per heavy atom. The lowest BCUT2D eigenvalue weighted by atomic mass is 10.2. The maximum Gasteiger partial charge on any atom is 0.333 e. The van der Waals surface area contributed by atoms with Crippen LogP contribution >= 0.6 is 0 Å². The van der Waals surface area contributed by atoms with E-state index in [4.69, 9.17) is 0 Å². The fourth-order valence-electron chi connectivity index (χ4n) is 1.32. The number of carbonyl (C=O) groups excluding carboxylic acids is 1. The van der Waals surface area contributed by atoms with Gasteiger partial charge in [-0.2, -0.15) is 0 Å². The molecule has 0 aromatic heterocycles. The highest BCUT2D eigenvalue weighted by Crippen LogP contribution is 2.05. The van der Waals surface area contributed by atoms with Gasteiger partial charge in [-0.05, 0) is 13.0 Å². The van der Waals surface area contributed by atoms with Crippen molar-refractivity contribution in [1.29, 1.82) is 0 Å². The highest BCUT2D eigenvalue weighted by Gasteiger charge is 2.02. The van der Waals surface area contributed by atoms with Crippen LogP contribution in [0.25, 0.3) is 0 Å². The van der Waals surface area contributed by atoms with Crippen LogP contribution in [0.4, 0.5) is 4.39 Å². The number of hydrogen-bond acceptors (Lipinski definition) is 3. The van der Waals surface area contributed by atoms with Gasteiger partial charge >= 0.3 is 5.97 Å². The predicted octanol–water partition coefficient (Wildman–Crippen LogP) is 2.03. The van der Waals surface area contributed by atoms with E-state index in [1.54, 1.807) is 31.2 Å². The topological polar surface area (TPSA) is 38.3 Å². The van der Waals surface area contributed by atoms with Gasteiger partial charge in [-0.1, -0.05) is 24.3 Å². The first-order valence-electron chi connectivity index (χ1n) is 5.34. The monoisotopic (exact) mass is 237 g/mol. The molecule has 1 rings (SSSR count). The quantitative estimate of drug-likeness (QED) is 0.484. The third-order valence-electron chi connectivity index (χ3n) is 2.33. The molecule has 1 aromatic rings. The van der Waals surface area contributed by atoms with Gasteiger partial charge in [0, 0.05) is 24.2 Å². The zero-order valence-corrected chi connectivity index (χ0v) is 10.00. The average molecular weight is 237 g/mol. The molecule has 1 aromatic carbocycles. The lowest BCUT2D eigenvalue weighted by molar-refractivity contribution is -0.136. The molecule has 1 N–H and O–H groups in total. The average Bonchev–Trinajstić information content (AvgIpc) is 2.35. The van der Waals surface area contributed by atoms with Crippen LogP contribution in [0.1, 0.15) is 12.5 Å². The second-order valence-corrected chi connectivity index (χ2v) is 3.60. The van der Waals surface area contributed by atoms with Crippen molar-refractivity contribution in [2.75, 3.05) is 13.7 Å². The second kappa shape index (κ2) is 6.81. The van der Waals surface area contributed by atoms with E-state index in [-0.39, 0.29) is 11.8 Å². The lowest BCUT2D eigenvalue weighted by Gasteiger charge is -2.04. The Labute approximate surface area is 100 Å². The largest absolute Gasteiger partial charge is 0.466 e. The summed E-state index contributed by atoms with van der Waals surface area (Å²) in [5.74, 6) is -0.577. The van der Waals surface area contributed by atoms with Crippen LogP contribution in [0, 0.1) is 5.82 Å². The molecule has 0 saturated heterocycles. The zero-order valence-electron chi connectivity index (χ0n) is 10.00. The summed E-state index contributed by atoms with van der Waals surface area (Å²) < 4.78 is 17.8. The molecule has 3 nitrogen and oxygen atoms in total. The molecule has 0 aliphatic carbocycles. The number of nitrogens with one attached hydrogen (secondary N) is 1. The SMILES string of the molecule is COC(=O)/C(C)=C/CNCc1ccccc1F. The van der Waals surface area contributed by atoms with E-state index in [2.05, 4.69) is 10.1 Å². The third-order valence-corrected chi connectivity index (χ3v) is 2.33. The van der Waals surface area contributed by atoms with Gasteiger partial charge in [-0.3, -0.25) is 0 Å². The molecular weight excluding hydrogens is 221 g/mol. The predicted molar refractivity (Wildman–Crippen MR) is 63.9 cm³/mol. The normalized spacial score (nSPS) is 11.4. The van der Waals surface area contributed by atoms with E-state index in [1.165, 1.54) is 13.2 Å². The van der Waals surface area contributed by atoms with E-state index in [1.807, 2.05) is 0 Å². The molecule has 0 radical (unpaired) electrons. The smallest absolute Gasteiger partial charge is 0.333 e. The number of esters is 1. The van der Waals surface area contributed by atoms with E-state index in [0.29, 0.717) is 24.2 Å². The van der Waals surface area contributed by atoms with Crippen molar-refractivity contribution in [1.82, 2.24) is 5.32 Å². The number of ether oxygens (including phenoxy) is 1. The van der Waals surface area contributed by atoms with Gasteiger partial charge < -0.3 is 10.1 Å². The fraction of sp³-hybridized carbons (Fsp3) is 0.308. The molecular formula is C13H16FNO2. The molecule has 0 saturated carbocycles. The van der Waals surface area contributed by atoms with Gasteiger partial charge in [0.05, 0.1) is 7.11 Å². The third kappa shape index (κ3) is 4.36. The van der Waals surface area contributed by atoms with Gasteiger partial charge in [0.15, 0.2) is 0 Å². The Kier molecular flexibility index (Phi) is 5.36. The minimum Gasteiger partial charge on any atom is -0.466 e. The molecule has 0 amide bonds. The number of carbonyl (C=O) groups is 1. The number of benzene rings is 1. The molecule has 0 atom stereocenters. The van der Waals surface area contributed by atoms with Crippen molar-refractivity contribution < 1.29 is 13.9 Å². The van der Waals surface area contributed by atoms with Crippen molar-refractivity contribution in [2.24, 2.45) is 0 Å². The van der Waals surface area contributed by atoms with Crippen LogP contribution in [-0.2, 0) is 16.1 Å². The molecule has 17 heavy (non-hydrogen) atoms. The van der Waals surface area contributed by atoms with E-state index in [9.17, 15) is 9.18 Å². The first-order chi connectivity index (χ1) is 8.15. The Hall–Kier alpha value is -1.68. The van der Waals surface area contributed by atoms with Gasteiger partial charge in [-0.15, -0.1) is 0 Å². The molecule has 0 spiro atoms. The van der Waals surface area contributed by atoms with Crippen LogP contribution in [0.3, 0.4) is 0 Å². The van der Waals surface area contributed by atoms with Crippen LogP contribution in [-0.4, -0.2) is 19.6 Å². The fourth-order valence-corrected chi connectivity index (χ4v) is 1.32. The number of hydrogen-bond donors (Lipinski definition) is 1. The number of methoxy groups -OCH3 is 1. The lowest BCUT2D eigenvalue weighted by Crippen LogP contribution is -2.15. The van der Waals surface area contributed by atoms with Crippen LogP contribution in [0.2, 0.25) is 0 Å². The minimum atomic E-state index is -0.349. The van der Waals surface area contributed by atoms with Crippen molar-refractivity contribution in [3.63, 3.8) is 0 Å². The second-order valence-electron chi connectivity index (χ2n) is 3.60. The summed E-state index contributed by atoms with van der Waals surface area (Å²) in [6.45, 7) is 2.60. The van der Waals surface area contributed by atoms with Gasteiger partial charge in [0.25, 0.3) is 0 Å². The molecule has 92 valence electrons. The van der Waals surface area contributed by atoms with E-state index in [0.717, 1.165) is 0 Å². The molecule has 0 heterocycles. The van der Waals surface area contributed by atoms with Crippen LogP contribution in [0.15, 0.2) is 35.9 Å². The number of halogens is 1. The summed E-state index contributed by atoms with van der Waals surface area (Å²) in [5, 5.41) is 3.03. The zero-order chi connectivity index (χ0) is 12.7. The summed E-state index contributed by atoms with van der Waals surface area (Å²) in [5.41, 5.74) is 1.14. The van der Waals surface area contributed by atoms with Crippen molar-refractivity contribution >= 4 is 5.97 Å². The summed E-state index contributed by atoms with van der Waals surface area (Å²) in [7, 11) is 1.34. The van der Waals surface area contributed by atoms with Gasteiger partial charge in [0.2, 0.25) is 0 Å². The van der Waals surface area contributed by atoms with Crippen molar-refractivity contribution in [2.45, 2.75) is 13.5 Å². The van der Waals surface area contributed by atoms with Crippen LogP contribution in [0.5, 0.6) is 0 Å².